The summed E-state index contributed by atoms with van der Waals surface area (Å²) in [4.78, 5) is 0. The molecule has 0 aliphatic carbocycles. The first-order chi connectivity index (χ1) is 6.84. The maximum atomic E-state index is 5.68. The summed E-state index contributed by atoms with van der Waals surface area (Å²) >= 11 is 3.41. The quantitative estimate of drug-likeness (QED) is 0.808. The Morgan fingerprint density at radius 2 is 2.29 bits per heavy atom. The molecule has 76 valence electrons. The zero-order valence-corrected chi connectivity index (χ0v) is 9.50. The largest absolute Gasteiger partial charge is 0.465 e. The molecule has 0 amide bonds. The lowest BCUT2D eigenvalue weighted by Gasteiger charge is -2.23. The maximum Gasteiger partial charge on any atom is 0.199 e. The summed E-state index contributed by atoms with van der Waals surface area (Å²) in [5.74, 6) is 0.867. The summed E-state index contributed by atoms with van der Waals surface area (Å²) in [6, 6.07) is 7.84. The van der Waals surface area contributed by atoms with Crippen LogP contribution in [0.5, 0.6) is 5.75 Å². The van der Waals surface area contributed by atoms with Crippen molar-refractivity contribution in [2.45, 2.75) is 25.6 Å². The van der Waals surface area contributed by atoms with Crippen molar-refractivity contribution in [2.24, 2.45) is 0 Å². The van der Waals surface area contributed by atoms with E-state index >= 15 is 0 Å². The lowest BCUT2D eigenvalue weighted by Crippen LogP contribution is -2.24. The maximum absolute atomic E-state index is 5.68. The van der Waals surface area contributed by atoms with E-state index in [0.717, 1.165) is 29.7 Å². The molecule has 0 N–H and O–H groups in total. The molecule has 1 heterocycles. The second-order valence-electron chi connectivity index (χ2n) is 3.37. The van der Waals surface area contributed by atoms with E-state index < -0.39 is 0 Å². The topological polar surface area (TPSA) is 18.5 Å². The van der Waals surface area contributed by atoms with Gasteiger partial charge in [-0.15, -0.1) is 0 Å². The van der Waals surface area contributed by atoms with Crippen LogP contribution in [0, 0.1) is 0 Å². The average Bonchev–Trinajstić information content (AvgIpc) is 2.19. The monoisotopic (exact) mass is 256 g/mol. The van der Waals surface area contributed by atoms with E-state index in [2.05, 4.69) is 15.9 Å². The highest BCUT2D eigenvalue weighted by atomic mass is 79.9. The molecule has 0 spiro atoms. The molecular weight excluding hydrogens is 244 g/mol. The van der Waals surface area contributed by atoms with Gasteiger partial charge in [-0.1, -0.05) is 22.0 Å². The summed E-state index contributed by atoms with van der Waals surface area (Å²) in [6.45, 7) is 0.818. The number of benzene rings is 1. The van der Waals surface area contributed by atoms with Gasteiger partial charge < -0.3 is 9.47 Å². The third kappa shape index (κ3) is 2.72. The highest BCUT2D eigenvalue weighted by molar-refractivity contribution is 9.10. The van der Waals surface area contributed by atoms with E-state index in [0.29, 0.717) is 0 Å². The fraction of sp³-hybridized carbons (Fsp3) is 0.455. The van der Waals surface area contributed by atoms with Crippen molar-refractivity contribution in [3.05, 3.63) is 28.7 Å². The molecule has 1 aromatic carbocycles. The molecule has 0 aromatic heterocycles. The molecule has 1 atom stereocenters. The van der Waals surface area contributed by atoms with Gasteiger partial charge in [-0.3, -0.25) is 0 Å². The van der Waals surface area contributed by atoms with Crippen LogP contribution in [0.1, 0.15) is 19.3 Å². The van der Waals surface area contributed by atoms with Crippen molar-refractivity contribution < 1.29 is 9.47 Å². The van der Waals surface area contributed by atoms with Crippen molar-refractivity contribution in [2.75, 3.05) is 6.61 Å². The van der Waals surface area contributed by atoms with Gasteiger partial charge in [0.25, 0.3) is 0 Å². The van der Waals surface area contributed by atoms with Gasteiger partial charge in [0, 0.05) is 10.9 Å². The first kappa shape index (κ1) is 9.99. The second kappa shape index (κ2) is 4.80. The van der Waals surface area contributed by atoms with E-state index in [1.165, 1.54) is 6.42 Å². The minimum atomic E-state index is -0.0574. The van der Waals surface area contributed by atoms with Gasteiger partial charge in [-0.2, -0.15) is 0 Å². The average molecular weight is 257 g/mol. The van der Waals surface area contributed by atoms with E-state index in [1.54, 1.807) is 0 Å². The Kier molecular flexibility index (Phi) is 3.43. The van der Waals surface area contributed by atoms with Crippen LogP contribution in [-0.2, 0) is 4.74 Å². The van der Waals surface area contributed by atoms with Crippen molar-refractivity contribution in [1.82, 2.24) is 0 Å². The van der Waals surface area contributed by atoms with Crippen LogP contribution >= 0.6 is 15.9 Å². The SMILES string of the molecule is Brc1cccc(O[C@H]2CCCCO2)c1. The van der Waals surface area contributed by atoms with Crippen LogP contribution in [0.3, 0.4) is 0 Å². The van der Waals surface area contributed by atoms with Gasteiger partial charge in [0.05, 0.1) is 6.61 Å². The van der Waals surface area contributed by atoms with Gasteiger partial charge in [0.1, 0.15) is 5.75 Å². The molecule has 0 radical (unpaired) electrons. The lowest BCUT2D eigenvalue weighted by atomic mass is 10.2. The molecule has 1 aliphatic heterocycles. The molecule has 1 fully saturated rings. The van der Waals surface area contributed by atoms with E-state index in [1.807, 2.05) is 24.3 Å². The Morgan fingerprint density at radius 3 is 3.00 bits per heavy atom. The minimum Gasteiger partial charge on any atom is -0.465 e. The molecule has 1 aromatic rings. The summed E-state index contributed by atoms with van der Waals surface area (Å²) in [5.41, 5.74) is 0. The zero-order valence-electron chi connectivity index (χ0n) is 7.91. The van der Waals surface area contributed by atoms with Crippen molar-refractivity contribution >= 4 is 15.9 Å². The normalized spacial score (nSPS) is 21.9. The summed E-state index contributed by atoms with van der Waals surface area (Å²) in [6.07, 6.45) is 3.28. The number of hydrogen-bond donors (Lipinski definition) is 0. The van der Waals surface area contributed by atoms with Gasteiger partial charge in [0.15, 0.2) is 6.29 Å². The number of rotatable bonds is 2. The number of halogens is 1. The molecular formula is C11H13BrO2. The summed E-state index contributed by atoms with van der Waals surface area (Å²) < 4.78 is 12.2. The van der Waals surface area contributed by atoms with Gasteiger partial charge in [-0.05, 0) is 31.0 Å². The van der Waals surface area contributed by atoms with Crippen molar-refractivity contribution in [3.8, 4) is 5.75 Å². The highest BCUT2D eigenvalue weighted by Crippen LogP contribution is 2.22. The minimum absolute atomic E-state index is 0.0574. The number of ether oxygens (including phenoxy) is 2. The molecule has 0 unspecified atom stereocenters. The summed E-state index contributed by atoms with van der Waals surface area (Å²) in [5, 5.41) is 0. The van der Waals surface area contributed by atoms with Crippen LogP contribution in [0.25, 0.3) is 0 Å². The molecule has 3 heteroatoms. The highest BCUT2D eigenvalue weighted by Gasteiger charge is 2.14. The Bertz CT molecular complexity index is 295. The third-order valence-electron chi connectivity index (χ3n) is 2.20. The van der Waals surface area contributed by atoms with Crippen LogP contribution in [0.15, 0.2) is 28.7 Å². The lowest BCUT2D eigenvalue weighted by molar-refractivity contribution is -0.105. The van der Waals surface area contributed by atoms with Crippen LogP contribution in [-0.4, -0.2) is 12.9 Å². The number of hydrogen-bond acceptors (Lipinski definition) is 2. The van der Waals surface area contributed by atoms with Gasteiger partial charge in [0.2, 0.25) is 0 Å². The van der Waals surface area contributed by atoms with E-state index in [9.17, 15) is 0 Å². The molecule has 0 bridgehead atoms. The van der Waals surface area contributed by atoms with E-state index in [-0.39, 0.29) is 6.29 Å². The van der Waals surface area contributed by atoms with Crippen molar-refractivity contribution in [3.63, 3.8) is 0 Å². The second-order valence-corrected chi connectivity index (χ2v) is 4.29. The fourth-order valence-electron chi connectivity index (χ4n) is 1.50. The van der Waals surface area contributed by atoms with Crippen molar-refractivity contribution in [1.29, 1.82) is 0 Å². The molecule has 2 rings (SSSR count). The predicted molar refractivity (Wildman–Crippen MR) is 58.4 cm³/mol. The van der Waals surface area contributed by atoms with E-state index in [4.69, 9.17) is 9.47 Å². The molecule has 0 saturated carbocycles. The molecule has 2 nitrogen and oxygen atoms in total. The standard InChI is InChI=1S/C11H13BrO2/c12-9-4-3-5-10(8-9)14-11-6-1-2-7-13-11/h3-5,8,11H,1-2,6-7H2/t11-/m0/s1. The predicted octanol–water partition coefficient (Wildman–Crippen LogP) is 3.35. The molecule has 1 aliphatic rings. The first-order valence-corrected chi connectivity index (χ1v) is 5.68. The Labute approximate surface area is 92.3 Å². The Balaban J connectivity index is 1.95. The van der Waals surface area contributed by atoms with Crippen LogP contribution < -0.4 is 4.74 Å². The fourth-order valence-corrected chi connectivity index (χ4v) is 1.87. The van der Waals surface area contributed by atoms with Crippen LogP contribution in [0.2, 0.25) is 0 Å². The third-order valence-corrected chi connectivity index (χ3v) is 2.69. The smallest absolute Gasteiger partial charge is 0.199 e. The molecule has 1 saturated heterocycles. The molecule has 14 heavy (non-hydrogen) atoms. The van der Waals surface area contributed by atoms with Gasteiger partial charge >= 0.3 is 0 Å². The zero-order chi connectivity index (χ0) is 9.80. The first-order valence-electron chi connectivity index (χ1n) is 4.88. The Hall–Kier alpha value is -0.540. The Morgan fingerprint density at radius 1 is 1.36 bits per heavy atom. The van der Waals surface area contributed by atoms with Crippen LogP contribution in [0.4, 0.5) is 0 Å². The van der Waals surface area contributed by atoms with Gasteiger partial charge in [-0.25, -0.2) is 0 Å². The summed E-state index contributed by atoms with van der Waals surface area (Å²) in [7, 11) is 0.